The SMILES string of the molecule is COc1ccc(N(CCC(=O)N2CCN(C)CC2)S(C)(=O)=O)c(OC)c1. The minimum Gasteiger partial charge on any atom is -0.497 e. The Labute approximate surface area is 155 Å². The Hall–Kier alpha value is -2.00. The smallest absolute Gasteiger partial charge is 0.232 e. The average molecular weight is 385 g/mol. The zero-order chi connectivity index (χ0) is 19.3. The lowest BCUT2D eigenvalue weighted by Gasteiger charge is -2.33. The Bertz CT molecular complexity index is 730. The van der Waals surface area contributed by atoms with Crippen LogP contribution in [0.2, 0.25) is 0 Å². The summed E-state index contributed by atoms with van der Waals surface area (Å²) in [5.41, 5.74) is 0.391. The summed E-state index contributed by atoms with van der Waals surface area (Å²) in [5, 5.41) is 0. The van der Waals surface area contributed by atoms with Gasteiger partial charge in [-0.25, -0.2) is 8.42 Å². The van der Waals surface area contributed by atoms with Crippen LogP contribution in [0.25, 0.3) is 0 Å². The van der Waals surface area contributed by atoms with Crippen molar-refractivity contribution in [1.29, 1.82) is 0 Å². The molecule has 0 aromatic heterocycles. The van der Waals surface area contributed by atoms with Gasteiger partial charge in [-0.2, -0.15) is 0 Å². The molecule has 2 rings (SSSR count). The third-order valence-corrected chi connectivity index (χ3v) is 5.62. The van der Waals surface area contributed by atoms with E-state index in [9.17, 15) is 13.2 Å². The molecule has 0 aliphatic carbocycles. The zero-order valence-electron chi connectivity index (χ0n) is 15.8. The molecule has 1 heterocycles. The fourth-order valence-electron chi connectivity index (χ4n) is 2.87. The van der Waals surface area contributed by atoms with E-state index in [1.165, 1.54) is 18.5 Å². The van der Waals surface area contributed by atoms with Crippen LogP contribution < -0.4 is 13.8 Å². The summed E-state index contributed by atoms with van der Waals surface area (Å²) in [6.07, 6.45) is 1.24. The van der Waals surface area contributed by atoms with Gasteiger partial charge < -0.3 is 19.3 Å². The second kappa shape index (κ2) is 8.59. The van der Waals surface area contributed by atoms with E-state index < -0.39 is 10.0 Å². The molecule has 0 unspecified atom stereocenters. The maximum Gasteiger partial charge on any atom is 0.232 e. The van der Waals surface area contributed by atoms with Crippen molar-refractivity contribution in [2.45, 2.75) is 6.42 Å². The van der Waals surface area contributed by atoms with Crippen LogP contribution in [0.15, 0.2) is 18.2 Å². The number of amides is 1. The van der Waals surface area contributed by atoms with Gasteiger partial charge in [-0.3, -0.25) is 9.10 Å². The van der Waals surface area contributed by atoms with Crippen LogP contribution in [0, 0.1) is 0 Å². The Morgan fingerprint density at radius 1 is 1.15 bits per heavy atom. The standard InChI is InChI=1S/C17H27N3O5S/c1-18-9-11-19(12-10-18)17(21)7-8-20(26(4,22)23)15-6-5-14(24-2)13-16(15)25-3/h5-6,13H,7-12H2,1-4H3. The molecular weight excluding hydrogens is 358 g/mol. The van der Waals surface area contributed by atoms with Crippen molar-refractivity contribution < 1.29 is 22.7 Å². The van der Waals surface area contributed by atoms with E-state index in [2.05, 4.69) is 4.90 Å². The van der Waals surface area contributed by atoms with Gasteiger partial charge >= 0.3 is 0 Å². The third kappa shape index (κ3) is 5.01. The first-order valence-corrected chi connectivity index (χ1v) is 10.3. The number of sulfonamides is 1. The highest BCUT2D eigenvalue weighted by atomic mass is 32.2. The van der Waals surface area contributed by atoms with Crippen LogP contribution in [-0.2, 0) is 14.8 Å². The molecule has 1 aromatic carbocycles. The van der Waals surface area contributed by atoms with Crippen LogP contribution in [0.1, 0.15) is 6.42 Å². The highest BCUT2D eigenvalue weighted by Crippen LogP contribution is 2.33. The van der Waals surface area contributed by atoms with Gasteiger partial charge in [0.25, 0.3) is 0 Å². The number of likely N-dealkylation sites (N-methyl/N-ethyl adjacent to an activating group) is 1. The molecule has 0 spiro atoms. The van der Waals surface area contributed by atoms with Gasteiger partial charge in [0.05, 0.1) is 26.2 Å². The number of carbonyl (C=O) groups is 1. The molecule has 0 radical (unpaired) electrons. The van der Waals surface area contributed by atoms with E-state index in [0.29, 0.717) is 30.3 Å². The molecule has 1 aromatic rings. The number of anilines is 1. The van der Waals surface area contributed by atoms with Crippen LogP contribution in [0.5, 0.6) is 11.5 Å². The fraction of sp³-hybridized carbons (Fsp3) is 0.588. The topological polar surface area (TPSA) is 79.4 Å². The second-order valence-electron chi connectivity index (χ2n) is 6.31. The summed E-state index contributed by atoms with van der Waals surface area (Å²) in [4.78, 5) is 16.4. The summed E-state index contributed by atoms with van der Waals surface area (Å²) in [5.74, 6) is 0.897. The van der Waals surface area contributed by atoms with Gasteiger partial charge in [0.2, 0.25) is 15.9 Å². The lowest BCUT2D eigenvalue weighted by atomic mass is 10.2. The first-order chi connectivity index (χ1) is 12.3. The Morgan fingerprint density at radius 3 is 2.35 bits per heavy atom. The number of ether oxygens (including phenoxy) is 2. The highest BCUT2D eigenvalue weighted by molar-refractivity contribution is 7.92. The van der Waals surface area contributed by atoms with Crippen LogP contribution in [-0.4, -0.2) is 84.4 Å². The van der Waals surface area contributed by atoms with Gasteiger partial charge in [0.1, 0.15) is 11.5 Å². The molecule has 0 atom stereocenters. The number of methoxy groups -OCH3 is 2. The summed E-state index contributed by atoms with van der Waals surface area (Å²) in [6, 6.07) is 4.91. The van der Waals surface area contributed by atoms with Crippen LogP contribution in [0.3, 0.4) is 0 Å². The number of carbonyl (C=O) groups excluding carboxylic acids is 1. The minimum absolute atomic E-state index is 0.0424. The molecule has 8 nitrogen and oxygen atoms in total. The summed E-state index contributed by atoms with van der Waals surface area (Å²) < 4.78 is 36.3. The van der Waals surface area contributed by atoms with Gasteiger partial charge in [0, 0.05) is 45.2 Å². The molecule has 26 heavy (non-hydrogen) atoms. The lowest BCUT2D eigenvalue weighted by Crippen LogP contribution is -2.48. The van der Waals surface area contributed by atoms with Gasteiger partial charge in [0.15, 0.2) is 0 Å². The number of benzene rings is 1. The van der Waals surface area contributed by atoms with E-state index in [1.807, 2.05) is 7.05 Å². The first-order valence-electron chi connectivity index (χ1n) is 8.42. The number of hydrogen-bond donors (Lipinski definition) is 0. The second-order valence-corrected chi connectivity index (χ2v) is 8.21. The monoisotopic (exact) mass is 385 g/mol. The van der Waals surface area contributed by atoms with Crippen molar-refractivity contribution in [1.82, 2.24) is 9.80 Å². The number of nitrogens with zero attached hydrogens (tertiary/aromatic N) is 3. The molecule has 1 amide bonds. The Balaban J connectivity index is 2.15. The molecule has 1 saturated heterocycles. The molecule has 1 aliphatic heterocycles. The minimum atomic E-state index is -3.57. The van der Waals surface area contributed by atoms with Crippen molar-refractivity contribution in [2.24, 2.45) is 0 Å². The molecule has 1 aliphatic rings. The summed E-state index contributed by atoms with van der Waals surface area (Å²) in [6.45, 7) is 3.05. The first kappa shape index (κ1) is 20.3. The number of piperazine rings is 1. The third-order valence-electron chi connectivity index (χ3n) is 4.44. The van der Waals surface area contributed by atoms with Crippen molar-refractivity contribution in [2.75, 3.05) is 64.6 Å². The van der Waals surface area contributed by atoms with Crippen molar-refractivity contribution in [3.05, 3.63) is 18.2 Å². The lowest BCUT2D eigenvalue weighted by molar-refractivity contribution is -0.132. The fourth-order valence-corrected chi connectivity index (χ4v) is 3.80. The molecule has 0 bridgehead atoms. The van der Waals surface area contributed by atoms with Crippen molar-refractivity contribution >= 4 is 21.6 Å². The van der Waals surface area contributed by atoms with Gasteiger partial charge in [-0.05, 0) is 19.2 Å². The highest BCUT2D eigenvalue weighted by Gasteiger charge is 2.25. The molecule has 0 saturated carbocycles. The van der Waals surface area contributed by atoms with E-state index >= 15 is 0 Å². The normalized spacial score (nSPS) is 15.6. The van der Waals surface area contributed by atoms with E-state index in [1.54, 1.807) is 23.1 Å². The van der Waals surface area contributed by atoms with Crippen molar-refractivity contribution in [3.63, 3.8) is 0 Å². The molecule has 0 N–H and O–H groups in total. The van der Waals surface area contributed by atoms with E-state index in [-0.39, 0.29) is 18.9 Å². The Kier molecular flexibility index (Phi) is 6.71. The average Bonchev–Trinajstić information content (AvgIpc) is 2.61. The van der Waals surface area contributed by atoms with Gasteiger partial charge in [-0.15, -0.1) is 0 Å². The summed E-state index contributed by atoms with van der Waals surface area (Å²) in [7, 11) is 1.44. The van der Waals surface area contributed by atoms with Crippen LogP contribution in [0.4, 0.5) is 5.69 Å². The van der Waals surface area contributed by atoms with Crippen molar-refractivity contribution in [3.8, 4) is 11.5 Å². The number of rotatable bonds is 7. The largest absolute Gasteiger partial charge is 0.497 e. The zero-order valence-corrected chi connectivity index (χ0v) is 16.6. The van der Waals surface area contributed by atoms with Gasteiger partial charge in [-0.1, -0.05) is 0 Å². The predicted octanol–water partition coefficient (Wildman–Crippen LogP) is 0.634. The predicted molar refractivity (Wildman–Crippen MR) is 100 cm³/mol. The Morgan fingerprint density at radius 2 is 1.81 bits per heavy atom. The maximum absolute atomic E-state index is 12.5. The van der Waals surface area contributed by atoms with E-state index in [4.69, 9.17) is 9.47 Å². The summed E-state index contributed by atoms with van der Waals surface area (Å²) >= 11 is 0. The molecule has 146 valence electrons. The van der Waals surface area contributed by atoms with E-state index in [0.717, 1.165) is 19.3 Å². The number of hydrogen-bond acceptors (Lipinski definition) is 6. The maximum atomic E-state index is 12.5. The quantitative estimate of drug-likeness (QED) is 0.685. The molecule has 1 fully saturated rings. The van der Waals surface area contributed by atoms with Crippen LogP contribution >= 0.6 is 0 Å². The molecule has 9 heteroatoms. The molecular formula is C17H27N3O5S.